The average Bonchev–Trinajstić information content (AvgIpc) is 2.08. The lowest BCUT2D eigenvalue weighted by Gasteiger charge is -1.97. The van der Waals surface area contributed by atoms with Crippen LogP contribution in [-0.2, 0) is 4.79 Å². The Hall–Kier alpha value is -0.610. The van der Waals surface area contributed by atoms with Gasteiger partial charge in [-0.15, -0.1) is 0 Å². The number of nitrogens with one attached hydrogen (secondary N) is 1. The molecule has 13 heavy (non-hydrogen) atoms. The van der Waals surface area contributed by atoms with Crippen molar-refractivity contribution in [1.29, 1.82) is 0 Å². The molecule has 0 aromatic heterocycles. The Labute approximate surface area is 82.5 Å². The third-order valence-corrected chi connectivity index (χ3v) is 0.757. The van der Waals surface area contributed by atoms with Gasteiger partial charge in [0.2, 0.25) is 0 Å². The average molecular weight is 194 g/mol. The minimum absolute atomic E-state index is 0. The second-order valence-electron chi connectivity index (χ2n) is 1.85. The van der Waals surface area contributed by atoms with Crippen molar-refractivity contribution in [3.05, 3.63) is 0 Å². The molecule has 0 amide bonds. The Morgan fingerprint density at radius 3 is 1.69 bits per heavy atom. The molecular formula is C9H26N2O2. The number of carboxylic acids is 1. The molecule has 4 nitrogen and oxygen atoms in total. The zero-order valence-corrected chi connectivity index (χ0v) is 8.72. The molecule has 0 aliphatic carbocycles. The van der Waals surface area contributed by atoms with Crippen LogP contribution in [0, 0.1) is 0 Å². The van der Waals surface area contributed by atoms with Gasteiger partial charge in [0.05, 0.1) is 0 Å². The predicted octanol–water partition coefficient (Wildman–Crippen LogP) is 1.31. The number of hydrogen-bond acceptors (Lipinski definition) is 3. The SMILES string of the molecule is C.CC.CCC(N)C(=O)O.CNC. The van der Waals surface area contributed by atoms with Crippen molar-refractivity contribution < 1.29 is 9.90 Å². The molecule has 1 unspecified atom stereocenters. The summed E-state index contributed by atoms with van der Waals surface area (Å²) in [5.41, 5.74) is 5.02. The first-order chi connectivity index (χ1) is 5.59. The lowest BCUT2D eigenvalue weighted by Crippen LogP contribution is -2.28. The molecule has 0 saturated carbocycles. The van der Waals surface area contributed by atoms with E-state index >= 15 is 0 Å². The smallest absolute Gasteiger partial charge is 0.320 e. The van der Waals surface area contributed by atoms with Crippen LogP contribution in [0.4, 0.5) is 0 Å². The van der Waals surface area contributed by atoms with Gasteiger partial charge in [0.1, 0.15) is 6.04 Å². The molecule has 4 heteroatoms. The van der Waals surface area contributed by atoms with Crippen molar-refractivity contribution in [2.24, 2.45) is 5.73 Å². The van der Waals surface area contributed by atoms with Crippen LogP contribution >= 0.6 is 0 Å². The summed E-state index contributed by atoms with van der Waals surface area (Å²) in [6.45, 7) is 5.73. The van der Waals surface area contributed by atoms with E-state index in [0.717, 1.165) is 0 Å². The highest BCUT2D eigenvalue weighted by molar-refractivity contribution is 5.72. The lowest BCUT2D eigenvalue weighted by atomic mass is 10.2. The van der Waals surface area contributed by atoms with Crippen LogP contribution in [0.2, 0.25) is 0 Å². The predicted molar refractivity (Wildman–Crippen MR) is 59.0 cm³/mol. The Morgan fingerprint density at radius 2 is 1.69 bits per heavy atom. The minimum Gasteiger partial charge on any atom is -0.480 e. The quantitative estimate of drug-likeness (QED) is 0.619. The summed E-state index contributed by atoms with van der Waals surface area (Å²) in [4.78, 5) is 9.81. The fraction of sp³-hybridized carbons (Fsp3) is 0.889. The van der Waals surface area contributed by atoms with Gasteiger partial charge >= 0.3 is 5.97 Å². The maximum Gasteiger partial charge on any atom is 0.320 e. The summed E-state index contributed by atoms with van der Waals surface area (Å²) in [5, 5.41) is 10.8. The normalized spacial score (nSPS) is 9.08. The van der Waals surface area contributed by atoms with Crippen LogP contribution in [-0.4, -0.2) is 31.2 Å². The van der Waals surface area contributed by atoms with E-state index in [9.17, 15) is 4.79 Å². The highest BCUT2D eigenvalue weighted by Crippen LogP contribution is 1.82. The fourth-order valence-electron chi connectivity index (χ4n) is 0.175. The molecule has 0 rings (SSSR count). The molecule has 1 atom stereocenters. The van der Waals surface area contributed by atoms with Crippen molar-refractivity contribution in [2.45, 2.75) is 40.7 Å². The van der Waals surface area contributed by atoms with Crippen LogP contribution in [0.15, 0.2) is 0 Å². The zero-order chi connectivity index (χ0) is 10.6. The van der Waals surface area contributed by atoms with Gasteiger partial charge in [-0.1, -0.05) is 28.2 Å². The third kappa shape index (κ3) is 34.6. The molecule has 0 saturated heterocycles. The first kappa shape index (κ1) is 22.8. The topological polar surface area (TPSA) is 75.4 Å². The minimum atomic E-state index is -0.928. The number of carboxylic acid groups (broad SMARTS) is 1. The Bertz CT molecular complexity index is 87.7. The summed E-state index contributed by atoms with van der Waals surface area (Å²) >= 11 is 0. The van der Waals surface area contributed by atoms with Crippen molar-refractivity contribution in [2.75, 3.05) is 14.1 Å². The summed E-state index contributed by atoms with van der Waals surface area (Å²) in [5.74, 6) is -0.928. The van der Waals surface area contributed by atoms with Gasteiger partial charge in [0.15, 0.2) is 0 Å². The van der Waals surface area contributed by atoms with Gasteiger partial charge in [-0.2, -0.15) is 0 Å². The second kappa shape index (κ2) is 22.5. The van der Waals surface area contributed by atoms with Crippen LogP contribution < -0.4 is 11.1 Å². The lowest BCUT2D eigenvalue weighted by molar-refractivity contribution is -0.138. The third-order valence-electron chi connectivity index (χ3n) is 0.757. The number of hydrogen-bond donors (Lipinski definition) is 3. The van der Waals surface area contributed by atoms with Crippen LogP contribution in [0.1, 0.15) is 34.6 Å². The fourth-order valence-corrected chi connectivity index (χ4v) is 0.175. The maximum absolute atomic E-state index is 9.81. The molecule has 0 aromatic rings. The Morgan fingerprint density at radius 1 is 1.46 bits per heavy atom. The van der Waals surface area contributed by atoms with E-state index in [1.165, 1.54) is 0 Å². The van der Waals surface area contributed by atoms with Crippen molar-refractivity contribution in [1.82, 2.24) is 5.32 Å². The molecule has 84 valence electrons. The summed E-state index contributed by atoms with van der Waals surface area (Å²) in [6.07, 6.45) is 0.495. The zero-order valence-electron chi connectivity index (χ0n) is 8.72. The number of aliphatic carboxylic acids is 1. The summed E-state index contributed by atoms with van der Waals surface area (Å²) < 4.78 is 0. The highest BCUT2D eigenvalue weighted by Gasteiger charge is 2.05. The van der Waals surface area contributed by atoms with E-state index in [0.29, 0.717) is 6.42 Å². The standard InChI is InChI=1S/C4H9NO2.C2H7N.C2H6.CH4/c1-2-3(5)4(6)7;1-3-2;1-2;/h3H,2,5H2,1H3,(H,6,7);3H,1-2H3;1-2H3;1H4. The molecule has 0 heterocycles. The first-order valence-electron chi connectivity index (χ1n) is 4.17. The number of rotatable bonds is 2. The summed E-state index contributed by atoms with van der Waals surface area (Å²) in [6, 6.07) is -0.681. The molecule has 0 bridgehead atoms. The monoisotopic (exact) mass is 194 g/mol. The van der Waals surface area contributed by atoms with Crippen LogP contribution in [0.25, 0.3) is 0 Å². The van der Waals surface area contributed by atoms with Gasteiger partial charge in [-0.25, -0.2) is 0 Å². The van der Waals surface area contributed by atoms with Gasteiger partial charge in [-0.3, -0.25) is 4.79 Å². The van der Waals surface area contributed by atoms with Crippen molar-refractivity contribution in [3.63, 3.8) is 0 Å². The van der Waals surface area contributed by atoms with E-state index in [4.69, 9.17) is 10.8 Å². The van der Waals surface area contributed by atoms with Gasteiger partial charge in [-0.05, 0) is 20.5 Å². The van der Waals surface area contributed by atoms with Gasteiger partial charge < -0.3 is 16.2 Å². The van der Waals surface area contributed by atoms with Gasteiger partial charge in [0.25, 0.3) is 0 Å². The van der Waals surface area contributed by atoms with E-state index in [2.05, 4.69) is 5.32 Å². The maximum atomic E-state index is 9.81. The largest absolute Gasteiger partial charge is 0.480 e. The molecule has 0 radical (unpaired) electrons. The van der Waals surface area contributed by atoms with E-state index in [1.807, 2.05) is 27.9 Å². The van der Waals surface area contributed by atoms with Crippen molar-refractivity contribution in [3.8, 4) is 0 Å². The highest BCUT2D eigenvalue weighted by atomic mass is 16.4. The Kier molecular flexibility index (Phi) is 39.5. The molecule has 0 fully saturated rings. The molecule has 0 aliphatic rings. The van der Waals surface area contributed by atoms with E-state index in [1.54, 1.807) is 6.92 Å². The molecule has 0 aliphatic heterocycles. The van der Waals surface area contributed by atoms with Crippen LogP contribution in [0.3, 0.4) is 0 Å². The van der Waals surface area contributed by atoms with E-state index < -0.39 is 12.0 Å². The second-order valence-corrected chi connectivity index (χ2v) is 1.85. The molecular weight excluding hydrogens is 168 g/mol. The summed E-state index contributed by atoms with van der Waals surface area (Å²) in [7, 11) is 3.75. The van der Waals surface area contributed by atoms with E-state index in [-0.39, 0.29) is 7.43 Å². The van der Waals surface area contributed by atoms with Gasteiger partial charge in [0, 0.05) is 0 Å². The van der Waals surface area contributed by atoms with Crippen molar-refractivity contribution >= 4 is 5.97 Å². The molecule has 0 spiro atoms. The van der Waals surface area contributed by atoms with Crippen LogP contribution in [0.5, 0.6) is 0 Å². The molecule has 4 N–H and O–H groups in total. The first-order valence-corrected chi connectivity index (χ1v) is 4.17. The number of carbonyl (C=O) groups is 1. The Balaban J connectivity index is -0.0000000581. The number of nitrogens with two attached hydrogens (primary N) is 1. The molecule has 0 aromatic carbocycles.